The van der Waals surface area contributed by atoms with E-state index in [0.717, 1.165) is 11.3 Å². The highest BCUT2D eigenvalue weighted by atomic mass is 16.5. The molecule has 1 aromatic carbocycles. The molecule has 0 aliphatic carbocycles. The summed E-state index contributed by atoms with van der Waals surface area (Å²) in [5.74, 6) is -0.125. The summed E-state index contributed by atoms with van der Waals surface area (Å²) >= 11 is 0. The van der Waals surface area contributed by atoms with Crippen LogP contribution in [0.1, 0.15) is 31.4 Å². The second-order valence-electron chi connectivity index (χ2n) is 5.12. The molecule has 7 heteroatoms. The van der Waals surface area contributed by atoms with Crippen molar-refractivity contribution in [3.8, 4) is 5.75 Å². The number of carbonyl (C=O) groups is 2. The lowest BCUT2D eigenvalue weighted by Crippen LogP contribution is -2.44. The maximum absolute atomic E-state index is 11.8. The first kappa shape index (κ1) is 18.8. The summed E-state index contributed by atoms with van der Waals surface area (Å²) in [5, 5.41) is 14.0. The maximum Gasteiger partial charge on any atom is 0.315 e. The van der Waals surface area contributed by atoms with E-state index in [1.54, 1.807) is 14.2 Å². The van der Waals surface area contributed by atoms with E-state index in [2.05, 4.69) is 10.6 Å². The molecule has 0 spiro atoms. The molecule has 1 aromatic rings. The lowest BCUT2D eigenvalue weighted by Gasteiger charge is -2.24. The highest BCUT2D eigenvalue weighted by Gasteiger charge is 2.20. The van der Waals surface area contributed by atoms with Gasteiger partial charge < -0.3 is 25.2 Å². The lowest BCUT2D eigenvalue weighted by atomic mass is 10.0. The molecule has 0 aliphatic heterocycles. The van der Waals surface area contributed by atoms with Crippen molar-refractivity contribution in [2.24, 2.45) is 0 Å². The number of carboxylic acids is 1. The molecule has 0 heterocycles. The van der Waals surface area contributed by atoms with Crippen molar-refractivity contribution >= 4 is 12.0 Å². The lowest BCUT2D eigenvalue weighted by molar-refractivity contribution is -0.137. The first-order valence-electron chi connectivity index (χ1n) is 7.40. The third-order valence-corrected chi connectivity index (χ3v) is 3.36. The first-order valence-corrected chi connectivity index (χ1v) is 7.40. The number of hydrogen-bond donors (Lipinski definition) is 3. The molecule has 0 fully saturated rings. The molecule has 0 aromatic heterocycles. The minimum absolute atomic E-state index is 0.0301. The number of nitrogens with one attached hydrogen (secondary N) is 2. The van der Waals surface area contributed by atoms with Crippen LogP contribution < -0.4 is 15.4 Å². The van der Waals surface area contributed by atoms with Crippen LogP contribution in [0, 0.1) is 0 Å². The fraction of sp³-hybridized carbons (Fsp3) is 0.500. The van der Waals surface area contributed by atoms with Gasteiger partial charge in [0.1, 0.15) is 11.9 Å². The Hall–Kier alpha value is -2.28. The van der Waals surface area contributed by atoms with Gasteiger partial charge in [-0.15, -0.1) is 0 Å². The van der Waals surface area contributed by atoms with Gasteiger partial charge in [0.05, 0.1) is 13.2 Å². The third-order valence-electron chi connectivity index (χ3n) is 3.36. The van der Waals surface area contributed by atoms with Gasteiger partial charge in [-0.2, -0.15) is 0 Å². The number of benzene rings is 1. The number of hydrogen-bond acceptors (Lipinski definition) is 4. The van der Waals surface area contributed by atoms with Crippen LogP contribution in [0.4, 0.5) is 4.79 Å². The molecule has 0 saturated heterocycles. The molecule has 2 amide bonds. The van der Waals surface area contributed by atoms with Gasteiger partial charge in [0.15, 0.2) is 0 Å². The zero-order valence-electron chi connectivity index (χ0n) is 13.7. The van der Waals surface area contributed by atoms with Crippen LogP contribution >= 0.6 is 0 Å². The van der Waals surface area contributed by atoms with Gasteiger partial charge in [-0.25, -0.2) is 4.79 Å². The number of methoxy groups -OCH3 is 2. The Morgan fingerprint density at radius 1 is 1.22 bits per heavy atom. The van der Waals surface area contributed by atoms with E-state index < -0.39 is 5.97 Å². The number of aliphatic carboxylic acids is 1. The topological polar surface area (TPSA) is 96.9 Å². The predicted molar refractivity (Wildman–Crippen MR) is 85.6 cm³/mol. The van der Waals surface area contributed by atoms with E-state index in [0.29, 0.717) is 13.0 Å². The molecule has 7 nitrogen and oxygen atoms in total. The monoisotopic (exact) mass is 324 g/mol. The van der Waals surface area contributed by atoms with Gasteiger partial charge in [0, 0.05) is 20.1 Å². The average molecular weight is 324 g/mol. The minimum atomic E-state index is -0.875. The molecule has 2 atom stereocenters. The molecule has 128 valence electrons. The summed E-state index contributed by atoms with van der Waals surface area (Å²) in [4.78, 5) is 22.2. The van der Waals surface area contributed by atoms with Crippen molar-refractivity contribution in [2.75, 3.05) is 20.8 Å². The van der Waals surface area contributed by atoms with Crippen LogP contribution in [-0.4, -0.2) is 43.9 Å². The maximum atomic E-state index is 11.8. The average Bonchev–Trinajstić information content (AvgIpc) is 2.52. The van der Waals surface area contributed by atoms with Gasteiger partial charge >= 0.3 is 12.0 Å². The Kier molecular flexibility index (Phi) is 7.90. The van der Waals surface area contributed by atoms with Crippen molar-refractivity contribution < 1.29 is 24.2 Å². The van der Waals surface area contributed by atoms with E-state index >= 15 is 0 Å². The Morgan fingerprint density at radius 3 is 2.39 bits per heavy atom. The normalized spacial score (nSPS) is 13.0. The summed E-state index contributed by atoms with van der Waals surface area (Å²) < 4.78 is 10.6. The van der Waals surface area contributed by atoms with Crippen LogP contribution in [-0.2, 0) is 9.53 Å². The van der Waals surface area contributed by atoms with Crippen molar-refractivity contribution in [3.63, 3.8) is 0 Å². The first-order chi connectivity index (χ1) is 11.0. The summed E-state index contributed by atoms with van der Waals surface area (Å²) in [5.41, 5.74) is 0.923. The Morgan fingerprint density at radius 2 is 1.87 bits per heavy atom. The Balaban J connectivity index is 2.50. The highest BCUT2D eigenvalue weighted by Crippen LogP contribution is 2.23. The molecule has 1 rings (SSSR count). The summed E-state index contributed by atoms with van der Waals surface area (Å²) in [7, 11) is 3.18. The van der Waals surface area contributed by atoms with Gasteiger partial charge in [-0.1, -0.05) is 12.1 Å². The zero-order valence-corrected chi connectivity index (χ0v) is 13.7. The Labute approximate surface area is 136 Å². The van der Waals surface area contributed by atoms with Crippen LogP contribution in [0.2, 0.25) is 0 Å². The highest BCUT2D eigenvalue weighted by molar-refractivity contribution is 5.74. The number of urea groups is 1. The molecule has 2 unspecified atom stereocenters. The Bertz CT molecular complexity index is 504. The van der Waals surface area contributed by atoms with Crippen molar-refractivity contribution in [1.29, 1.82) is 0 Å². The predicted octanol–water partition coefficient (Wildman–Crippen LogP) is 1.94. The fourth-order valence-corrected chi connectivity index (χ4v) is 2.20. The molecule has 0 bridgehead atoms. The molecule has 0 saturated carbocycles. The summed E-state index contributed by atoms with van der Waals surface area (Å²) in [6, 6.07) is 6.83. The smallest absolute Gasteiger partial charge is 0.315 e. The molecule has 23 heavy (non-hydrogen) atoms. The minimum Gasteiger partial charge on any atom is -0.497 e. The number of carbonyl (C=O) groups excluding carboxylic acids is 1. The quantitative estimate of drug-likeness (QED) is 0.603. The van der Waals surface area contributed by atoms with Gasteiger partial charge in [-0.3, -0.25) is 4.79 Å². The van der Waals surface area contributed by atoms with E-state index in [1.807, 2.05) is 31.2 Å². The van der Waals surface area contributed by atoms with Crippen LogP contribution in [0.5, 0.6) is 5.75 Å². The molecule has 3 N–H and O–H groups in total. The van der Waals surface area contributed by atoms with Crippen molar-refractivity contribution in [1.82, 2.24) is 10.6 Å². The van der Waals surface area contributed by atoms with Gasteiger partial charge in [-0.05, 0) is 31.0 Å². The van der Waals surface area contributed by atoms with Gasteiger partial charge in [0.25, 0.3) is 0 Å². The standard InChI is InChI=1S/C16H24N2O5/c1-11(18-16(21)17-10-4-5-14(19)20)15(23-3)12-6-8-13(22-2)9-7-12/h6-9,11,15H,4-5,10H2,1-3H3,(H,19,20)(H2,17,18,21). The number of carboxylic acid groups (broad SMARTS) is 1. The van der Waals surface area contributed by atoms with Crippen molar-refractivity contribution in [3.05, 3.63) is 29.8 Å². The van der Waals surface area contributed by atoms with Crippen LogP contribution in [0.3, 0.4) is 0 Å². The SMILES string of the molecule is COc1ccc(C(OC)C(C)NC(=O)NCCCC(=O)O)cc1. The summed E-state index contributed by atoms with van der Waals surface area (Å²) in [6.07, 6.45) is 0.122. The summed E-state index contributed by atoms with van der Waals surface area (Å²) in [6.45, 7) is 2.15. The van der Waals surface area contributed by atoms with Crippen molar-refractivity contribution in [2.45, 2.75) is 31.9 Å². The second kappa shape index (κ2) is 9.68. The van der Waals surface area contributed by atoms with E-state index in [9.17, 15) is 9.59 Å². The number of ether oxygens (including phenoxy) is 2. The molecular formula is C16H24N2O5. The van der Waals surface area contributed by atoms with Crippen LogP contribution in [0.25, 0.3) is 0 Å². The van der Waals surface area contributed by atoms with E-state index in [4.69, 9.17) is 14.6 Å². The largest absolute Gasteiger partial charge is 0.497 e. The molecule has 0 radical (unpaired) electrons. The number of rotatable bonds is 9. The fourth-order valence-electron chi connectivity index (χ4n) is 2.20. The van der Waals surface area contributed by atoms with E-state index in [-0.39, 0.29) is 24.6 Å². The molecular weight excluding hydrogens is 300 g/mol. The third kappa shape index (κ3) is 6.56. The number of amides is 2. The van der Waals surface area contributed by atoms with E-state index in [1.165, 1.54) is 0 Å². The van der Waals surface area contributed by atoms with Crippen LogP contribution in [0.15, 0.2) is 24.3 Å². The van der Waals surface area contributed by atoms with Gasteiger partial charge in [0.2, 0.25) is 0 Å². The molecule has 0 aliphatic rings. The zero-order chi connectivity index (χ0) is 17.2. The second-order valence-corrected chi connectivity index (χ2v) is 5.12.